The predicted octanol–water partition coefficient (Wildman–Crippen LogP) is 5.63. The van der Waals surface area contributed by atoms with Gasteiger partial charge in [0.1, 0.15) is 29.2 Å². The number of carbonyl (C=O) groups excluding carboxylic acids is 3. The van der Waals surface area contributed by atoms with E-state index in [0.29, 0.717) is 53.1 Å². The molecule has 0 bridgehead atoms. The third-order valence-corrected chi connectivity index (χ3v) is 11.5. The number of halogens is 4. The maximum Gasteiger partial charge on any atom is 0.434 e. The Kier molecular flexibility index (Phi) is 10.1. The number of likely N-dealkylation sites (tertiary alicyclic amines) is 1. The number of aryl methyl sites for hydroxylation is 1. The summed E-state index contributed by atoms with van der Waals surface area (Å²) in [7, 11) is 3.03. The van der Waals surface area contributed by atoms with Gasteiger partial charge in [-0.3, -0.25) is 33.8 Å². The van der Waals surface area contributed by atoms with Crippen molar-refractivity contribution in [2.24, 2.45) is 13.0 Å². The van der Waals surface area contributed by atoms with Crippen LogP contribution in [0.5, 0.6) is 5.75 Å². The lowest BCUT2D eigenvalue weighted by Crippen LogP contribution is -2.44. The summed E-state index contributed by atoms with van der Waals surface area (Å²) in [5.41, 5.74) is 0.756. The molecule has 18 heteroatoms. The van der Waals surface area contributed by atoms with E-state index in [1.165, 1.54) is 22.3 Å². The first kappa shape index (κ1) is 38.2. The number of alkyl halides is 4. The number of ether oxygens (including phenoxy) is 1. The number of para-hydroxylation sites is 1. The second kappa shape index (κ2) is 15.0. The molecule has 1 unspecified atom stereocenters. The molecule has 2 aromatic carbocycles. The molecule has 0 radical (unpaired) electrons. The number of rotatable bonds is 8. The molecule has 2 aliphatic heterocycles. The van der Waals surface area contributed by atoms with Gasteiger partial charge in [-0.05, 0) is 62.6 Å². The average molecular weight is 793 g/mol. The largest absolute Gasteiger partial charge is 0.494 e. The van der Waals surface area contributed by atoms with Gasteiger partial charge < -0.3 is 19.4 Å². The Hall–Kier alpha value is -5.65. The summed E-state index contributed by atoms with van der Waals surface area (Å²) in [6, 6.07) is 7.71. The van der Waals surface area contributed by atoms with Crippen molar-refractivity contribution < 1.29 is 41.1 Å². The summed E-state index contributed by atoms with van der Waals surface area (Å²) in [4.78, 5) is 64.4. The molecule has 2 saturated heterocycles. The number of methoxy groups -OCH3 is 1. The number of nitrogens with zero attached hydrogens (tertiary/aromatic N) is 6. The molecule has 3 aliphatic rings. The van der Waals surface area contributed by atoms with E-state index in [1.807, 2.05) is 6.07 Å². The minimum Gasteiger partial charge on any atom is -0.494 e. The summed E-state index contributed by atoms with van der Waals surface area (Å²) >= 11 is 0. The molecular weight excluding hydrogens is 752 g/mol. The number of oxazole rings is 1. The van der Waals surface area contributed by atoms with Crippen LogP contribution in [0.1, 0.15) is 90.5 Å². The van der Waals surface area contributed by atoms with Crippen LogP contribution in [0.3, 0.4) is 0 Å². The van der Waals surface area contributed by atoms with E-state index in [0.717, 1.165) is 44.0 Å². The average Bonchev–Trinajstić information content (AvgIpc) is 3.71. The summed E-state index contributed by atoms with van der Waals surface area (Å²) in [6.45, 7) is 1.70. The lowest BCUT2D eigenvalue weighted by molar-refractivity contribution is -0.141. The number of imide groups is 1. The van der Waals surface area contributed by atoms with E-state index in [-0.39, 0.29) is 48.3 Å². The fraction of sp³-hybridized carbons (Fsp3) is 0.462. The molecule has 3 aromatic heterocycles. The number of imidazole rings is 1. The predicted molar refractivity (Wildman–Crippen MR) is 198 cm³/mol. The van der Waals surface area contributed by atoms with E-state index in [2.05, 4.69) is 25.5 Å². The van der Waals surface area contributed by atoms with Crippen LogP contribution in [0.25, 0.3) is 22.1 Å². The van der Waals surface area contributed by atoms with Gasteiger partial charge in [-0.15, -0.1) is 0 Å². The highest BCUT2D eigenvalue weighted by atomic mass is 19.4. The number of benzene rings is 2. The molecule has 3 fully saturated rings. The Balaban J connectivity index is 0.892. The molecule has 5 aromatic rings. The highest BCUT2D eigenvalue weighted by Crippen LogP contribution is 2.41. The number of anilines is 1. The Morgan fingerprint density at radius 2 is 1.84 bits per heavy atom. The van der Waals surface area contributed by atoms with Crippen molar-refractivity contribution in [2.45, 2.75) is 75.2 Å². The Labute approximate surface area is 322 Å². The number of hydrogen-bond acceptors (Lipinski definition) is 10. The van der Waals surface area contributed by atoms with E-state index in [1.54, 1.807) is 25.2 Å². The molecule has 300 valence electrons. The van der Waals surface area contributed by atoms with Crippen LogP contribution in [-0.4, -0.2) is 79.6 Å². The van der Waals surface area contributed by atoms with E-state index in [9.17, 15) is 32.3 Å². The molecule has 3 amide bonds. The molecule has 5 heterocycles. The fourth-order valence-corrected chi connectivity index (χ4v) is 8.65. The van der Waals surface area contributed by atoms with E-state index >= 15 is 4.39 Å². The van der Waals surface area contributed by atoms with E-state index in [4.69, 9.17) is 14.1 Å². The number of fused-ring (bicyclic) bond motifs is 2. The molecule has 57 heavy (non-hydrogen) atoms. The van der Waals surface area contributed by atoms with Gasteiger partial charge in [-0.1, -0.05) is 12.1 Å². The zero-order valence-electron chi connectivity index (χ0n) is 31.1. The molecular formula is C39H40F4N8O6. The van der Waals surface area contributed by atoms with Gasteiger partial charge in [0.05, 0.1) is 36.2 Å². The molecule has 1 saturated carbocycles. The first-order valence-corrected chi connectivity index (χ1v) is 18.9. The SMILES string of the molecule is COc1cc2nc(C3CCC(CN4CC[C@@H](c5cccc6c5n(C)c(=O)n6C5CCC(=O)NC5=O)[C@H](F)C4)CC3)oc2cc1NC(=O)c1cncc(C(F)(F)F)n1. The Morgan fingerprint density at radius 1 is 1.05 bits per heavy atom. The number of piperidine rings is 2. The van der Waals surface area contributed by atoms with Crippen LogP contribution in [0, 0.1) is 5.92 Å². The monoisotopic (exact) mass is 792 g/mol. The smallest absolute Gasteiger partial charge is 0.434 e. The van der Waals surface area contributed by atoms with Crippen molar-refractivity contribution in [3.63, 3.8) is 0 Å². The number of nitrogens with one attached hydrogen (secondary N) is 2. The Bertz CT molecular complexity index is 2430. The number of aromatic nitrogens is 5. The molecule has 1 aliphatic carbocycles. The second-order valence-electron chi connectivity index (χ2n) is 15.1. The van der Waals surface area contributed by atoms with Crippen molar-refractivity contribution in [1.29, 1.82) is 0 Å². The van der Waals surface area contributed by atoms with Crippen molar-refractivity contribution in [1.82, 2.24) is 34.3 Å². The lowest BCUT2D eigenvalue weighted by Gasteiger charge is -2.38. The summed E-state index contributed by atoms with van der Waals surface area (Å²) < 4.78 is 69.9. The third-order valence-electron chi connectivity index (χ3n) is 11.5. The van der Waals surface area contributed by atoms with Gasteiger partial charge in [0.15, 0.2) is 17.2 Å². The molecule has 2 N–H and O–H groups in total. The van der Waals surface area contributed by atoms with Crippen LogP contribution in [-0.2, 0) is 22.8 Å². The van der Waals surface area contributed by atoms with Crippen molar-refractivity contribution in [3.8, 4) is 5.75 Å². The fourth-order valence-electron chi connectivity index (χ4n) is 8.65. The van der Waals surface area contributed by atoms with Crippen LogP contribution in [0.15, 0.2) is 51.9 Å². The van der Waals surface area contributed by atoms with Crippen LogP contribution >= 0.6 is 0 Å². The maximum atomic E-state index is 16.1. The summed E-state index contributed by atoms with van der Waals surface area (Å²) in [5.74, 6) is -1.04. The van der Waals surface area contributed by atoms with Crippen molar-refractivity contribution in [2.75, 3.05) is 32.1 Å². The van der Waals surface area contributed by atoms with Gasteiger partial charge in [-0.2, -0.15) is 13.2 Å². The topological polar surface area (TPSA) is 166 Å². The Morgan fingerprint density at radius 3 is 2.56 bits per heavy atom. The van der Waals surface area contributed by atoms with Gasteiger partial charge in [-0.25, -0.2) is 19.2 Å². The highest BCUT2D eigenvalue weighted by Gasteiger charge is 2.37. The normalized spacial score (nSPS) is 23.5. The standard InChI is InChI=1S/C39H40F4N8O6/c1-49-34-23(4-3-5-28(34)51(38(49)55)29-10-11-33(52)48-36(29)54)22-12-13-50(19-24(22)40)18-20-6-8-21(9-7-20)37-47-26-14-30(56-2)25(15-31(26)57-37)46-35(53)27-16-44-17-32(45-27)39(41,42)43/h3-5,14-17,20-22,24,29H,6-13,18-19H2,1-2H3,(H,46,53)(H,48,52,54)/t20?,21?,22-,24+,29?/m0/s1. The minimum atomic E-state index is -4.76. The second-order valence-corrected chi connectivity index (χ2v) is 15.1. The number of amides is 3. The van der Waals surface area contributed by atoms with Crippen LogP contribution in [0.4, 0.5) is 23.2 Å². The van der Waals surface area contributed by atoms with Crippen molar-refractivity contribution >= 4 is 45.5 Å². The third kappa shape index (κ3) is 7.37. The first-order valence-electron chi connectivity index (χ1n) is 18.9. The van der Waals surface area contributed by atoms with Crippen LogP contribution in [0.2, 0.25) is 0 Å². The number of hydrogen-bond donors (Lipinski definition) is 2. The lowest BCUT2D eigenvalue weighted by atomic mass is 9.81. The highest BCUT2D eigenvalue weighted by molar-refractivity contribution is 6.04. The molecule has 0 spiro atoms. The zero-order valence-corrected chi connectivity index (χ0v) is 31.1. The molecule has 14 nitrogen and oxygen atoms in total. The zero-order chi connectivity index (χ0) is 40.2. The summed E-state index contributed by atoms with van der Waals surface area (Å²) in [6.07, 6.45) is -0.134. The number of carbonyl (C=O) groups is 3. The van der Waals surface area contributed by atoms with Gasteiger partial charge in [0.25, 0.3) is 5.91 Å². The quantitative estimate of drug-likeness (QED) is 0.149. The van der Waals surface area contributed by atoms with Crippen molar-refractivity contribution in [3.05, 3.63) is 76.1 Å². The minimum absolute atomic E-state index is 0.0392. The first-order chi connectivity index (χ1) is 27.3. The van der Waals surface area contributed by atoms with Gasteiger partial charge >= 0.3 is 11.9 Å². The van der Waals surface area contributed by atoms with Gasteiger partial charge in [0.2, 0.25) is 11.8 Å². The van der Waals surface area contributed by atoms with E-state index < -0.39 is 47.5 Å². The maximum absolute atomic E-state index is 16.1. The van der Waals surface area contributed by atoms with Crippen LogP contribution < -0.4 is 21.1 Å². The summed E-state index contributed by atoms with van der Waals surface area (Å²) in [5, 5.41) is 4.86. The molecule has 3 atom stereocenters. The molecule has 8 rings (SSSR count). The van der Waals surface area contributed by atoms with Gasteiger partial charge in [0, 0.05) is 50.5 Å².